The van der Waals surface area contributed by atoms with Gasteiger partial charge in [-0.25, -0.2) is 9.97 Å². The second kappa shape index (κ2) is 6.13. The highest BCUT2D eigenvalue weighted by Crippen LogP contribution is 2.30. The van der Waals surface area contributed by atoms with Crippen LogP contribution in [0.1, 0.15) is 29.8 Å². The minimum Gasteiger partial charge on any atom is -0.356 e. The average molecular weight is 317 g/mol. The quantitative estimate of drug-likeness (QED) is 0.911. The molecule has 1 aliphatic heterocycles. The molecule has 1 fully saturated rings. The van der Waals surface area contributed by atoms with Crippen molar-refractivity contribution in [3.63, 3.8) is 0 Å². The Morgan fingerprint density at radius 3 is 2.45 bits per heavy atom. The predicted octanol–water partition coefficient (Wildman–Crippen LogP) is 4.40. The van der Waals surface area contributed by atoms with Crippen molar-refractivity contribution in [2.24, 2.45) is 0 Å². The number of nitrogens with one attached hydrogen (secondary N) is 1. The van der Waals surface area contributed by atoms with E-state index >= 15 is 0 Å². The molecule has 0 atom stereocenters. The zero-order valence-electron chi connectivity index (χ0n) is 13.3. The summed E-state index contributed by atoms with van der Waals surface area (Å²) in [5, 5.41) is 4.08. The highest BCUT2D eigenvalue weighted by molar-refractivity contribution is 6.33. The molecule has 1 aromatic carbocycles. The zero-order valence-corrected chi connectivity index (χ0v) is 14.0. The Morgan fingerprint density at radius 2 is 1.77 bits per heavy atom. The molecule has 0 unspecified atom stereocenters. The Labute approximate surface area is 136 Å². The summed E-state index contributed by atoms with van der Waals surface area (Å²) in [6, 6.07) is 6.09. The molecule has 2 heterocycles. The number of benzene rings is 1. The summed E-state index contributed by atoms with van der Waals surface area (Å²) in [4.78, 5) is 11.4. The first-order valence-electron chi connectivity index (χ1n) is 7.67. The van der Waals surface area contributed by atoms with Gasteiger partial charge in [0.2, 0.25) is 0 Å². The fourth-order valence-electron chi connectivity index (χ4n) is 2.93. The molecule has 116 valence electrons. The normalized spacial score (nSPS) is 14.5. The summed E-state index contributed by atoms with van der Waals surface area (Å²) < 4.78 is 0. The van der Waals surface area contributed by atoms with Crippen LogP contribution in [0.5, 0.6) is 0 Å². The average Bonchev–Trinajstić information content (AvgIpc) is 2.96. The van der Waals surface area contributed by atoms with Gasteiger partial charge in [0, 0.05) is 19.2 Å². The summed E-state index contributed by atoms with van der Waals surface area (Å²) in [5.41, 5.74) is 3.19. The van der Waals surface area contributed by atoms with Crippen molar-refractivity contribution in [3.8, 4) is 0 Å². The van der Waals surface area contributed by atoms with Gasteiger partial charge >= 0.3 is 0 Å². The third-order valence-electron chi connectivity index (χ3n) is 3.94. The van der Waals surface area contributed by atoms with E-state index in [1.165, 1.54) is 12.8 Å². The summed E-state index contributed by atoms with van der Waals surface area (Å²) in [6.45, 7) is 8.16. The maximum absolute atomic E-state index is 6.38. The number of aryl methyl sites for hydroxylation is 3. The summed E-state index contributed by atoms with van der Waals surface area (Å²) >= 11 is 6.38. The van der Waals surface area contributed by atoms with Crippen molar-refractivity contribution in [1.82, 2.24) is 9.97 Å². The van der Waals surface area contributed by atoms with Crippen LogP contribution in [0.25, 0.3) is 0 Å². The van der Waals surface area contributed by atoms with E-state index in [1.807, 2.05) is 26.0 Å². The van der Waals surface area contributed by atoms with Crippen molar-refractivity contribution in [1.29, 1.82) is 0 Å². The maximum atomic E-state index is 6.38. The van der Waals surface area contributed by atoms with Crippen LogP contribution in [-0.2, 0) is 0 Å². The van der Waals surface area contributed by atoms with Crippen LogP contribution < -0.4 is 10.2 Å². The van der Waals surface area contributed by atoms with E-state index in [-0.39, 0.29) is 0 Å². The van der Waals surface area contributed by atoms with Crippen LogP contribution in [0.3, 0.4) is 0 Å². The lowest BCUT2D eigenvalue weighted by Gasteiger charge is -2.18. The number of anilines is 3. The highest BCUT2D eigenvalue weighted by Gasteiger charge is 2.15. The van der Waals surface area contributed by atoms with Gasteiger partial charge in [-0.2, -0.15) is 0 Å². The lowest BCUT2D eigenvalue weighted by Crippen LogP contribution is -2.19. The second-order valence-corrected chi connectivity index (χ2v) is 6.32. The Kier molecular flexibility index (Phi) is 4.21. The smallest absolute Gasteiger partial charge is 0.136 e. The van der Waals surface area contributed by atoms with Crippen molar-refractivity contribution in [2.45, 2.75) is 33.6 Å². The molecule has 0 aliphatic carbocycles. The van der Waals surface area contributed by atoms with Gasteiger partial charge in [-0.15, -0.1) is 0 Å². The highest BCUT2D eigenvalue weighted by atomic mass is 35.5. The monoisotopic (exact) mass is 316 g/mol. The van der Waals surface area contributed by atoms with Crippen LogP contribution in [0.2, 0.25) is 5.02 Å². The molecule has 1 aliphatic rings. The molecule has 0 saturated carbocycles. The van der Waals surface area contributed by atoms with E-state index in [0.29, 0.717) is 0 Å². The lowest BCUT2D eigenvalue weighted by atomic mass is 10.1. The Balaban J connectivity index is 1.92. The first kappa shape index (κ1) is 15.1. The van der Waals surface area contributed by atoms with Gasteiger partial charge in [-0.1, -0.05) is 17.7 Å². The van der Waals surface area contributed by atoms with E-state index in [1.54, 1.807) is 0 Å². The molecule has 4 nitrogen and oxygen atoms in total. The van der Waals surface area contributed by atoms with Gasteiger partial charge in [-0.3, -0.25) is 0 Å². The van der Waals surface area contributed by atoms with E-state index in [9.17, 15) is 0 Å². The van der Waals surface area contributed by atoms with E-state index in [2.05, 4.69) is 33.2 Å². The maximum Gasteiger partial charge on any atom is 0.136 e. The van der Waals surface area contributed by atoms with Crippen molar-refractivity contribution in [3.05, 3.63) is 40.2 Å². The van der Waals surface area contributed by atoms with Crippen LogP contribution >= 0.6 is 11.6 Å². The number of halogens is 1. The third-order valence-corrected chi connectivity index (χ3v) is 4.24. The molecular weight excluding hydrogens is 296 g/mol. The zero-order chi connectivity index (χ0) is 15.7. The van der Waals surface area contributed by atoms with Gasteiger partial charge in [0.1, 0.15) is 17.5 Å². The molecule has 22 heavy (non-hydrogen) atoms. The number of hydrogen-bond donors (Lipinski definition) is 1. The number of hydrogen-bond acceptors (Lipinski definition) is 4. The predicted molar refractivity (Wildman–Crippen MR) is 92.4 cm³/mol. The largest absolute Gasteiger partial charge is 0.356 e. The molecule has 5 heteroatoms. The first-order valence-corrected chi connectivity index (χ1v) is 8.05. The molecule has 2 aromatic rings. The number of aromatic nitrogens is 2. The van der Waals surface area contributed by atoms with Gasteiger partial charge in [-0.05, 0) is 50.8 Å². The molecule has 0 bridgehead atoms. The SMILES string of the molecule is Cc1cc(C)c(Nc2cc(N3CCCC3)nc(C)n2)c(Cl)c1. The van der Waals surface area contributed by atoms with Gasteiger partial charge in [0.25, 0.3) is 0 Å². The van der Waals surface area contributed by atoms with Crippen LogP contribution in [0.15, 0.2) is 18.2 Å². The Hall–Kier alpha value is -1.81. The first-order chi connectivity index (χ1) is 10.5. The topological polar surface area (TPSA) is 41.0 Å². The van der Waals surface area contributed by atoms with Crippen LogP contribution in [-0.4, -0.2) is 23.1 Å². The van der Waals surface area contributed by atoms with Crippen LogP contribution in [0.4, 0.5) is 17.3 Å². The fourth-order valence-corrected chi connectivity index (χ4v) is 3.29. The molecule has 0 radical (unpaired) electrons. The Morgan fingerprint density at radius 1 is 1.05 bits per heavy atom. The molecule has 0 amide bonds. The minimum atomic E-state index is 0.719. The van der Waals surface area contributed by atoms with Crippen molar-refractivity contribution in [2.75, 3.05) is 23.3 Å². The molecular formula is C17H21ClN4. The van der Waals surface area contributed by atoms with E-state index in [4.69, 9.17) is 11.6 Å². The molecule has 0 spiro atoms. The van der Waals surface area contributed by atoms with E-state index < -0.39 is 0 Å². The number of nitrogens with zero attached hydrogens (tertiary/aromatic N) is 3. The summed E-state index contributed by atoms with van der Waals surface area (Å²) in [5.74, 6) is 2.56. The number of rotatable bonds is 3. The molecule has 1 aromatic heterocycles. The van der Waals surface area contributed by atoms with Gasteiger partial charge < -0.3 is 10.2 Å². The van der Waals surface area contributed by atoms with Gasteiger partial charge in [0.15, 0.2) is 0 Å². The lowest BCUT2D eigenvalue weighted by molar-refractivity contribution is 0.911. The van der Waals surface area contributed by atoms with Crippen molar-refractivity contribution >= 4 is 28.9 Å². The van der Waals surface area contributed by atoms with Gasteiger partial charge in [0.05, 0.1) is 10.7 Å². The molecule has 3 rings (SSSR count). The molecule has 1 N–H and O–H groups in total. The second-order valence-electron chi connectivity index (χ2n) is 5.92. The minimum absolute atomic E-state index is 0.719. The standard InChI is InChI=1S/C17H21ClN4/c1-11-8-12(2)17(14(18)9-11)21-15-10-16(20-13(3)19-15)22-6-4-5-7-22/h8-10H,4-7H2,1-3H3,(H,19,20,21). The van der Waals surface area contributed by atoms with Crippen LogP contribution in [0, 0.1) is 20.8 Å². The Bertz CT molecular complexity index is 670. The third kappa shape index (κ3) is 3.17. The van der Waals surface area contributed by atoms with Crippen molar-refractivity contribution < 1.29 is 0 Å². The summed E-state index contributed by atoms with van der Waals surface area (Å²) in [7, 11) is 0. The van der Waals surface area contributed by atoms with E-state index in [0.717, 1.165) is 52.4 Å². The molecule has 1 saturated heterocycles. The fraction of sp³-hybridized carbons (Fsp3) is 0.412. The summed E-state index contributed by atoms with van der Waals surface area (Å²) in [6.07, 6.45) is 2.46.